The minimum Gasteiger partial charge on any atom is -0.382 e. The maximum Gasteiger partial charge on any atom is 0.242 e. The summed E-state index contributed by atoms with van der Waals surface area (Å²) in [5.41, 5.74) is 0.624. The Bertz CT molecular complexity index is 554. The van der Waals surface area contributed by atoms with Crippen LogP contribution in [0.4, 0.5) is 5.69 Å². The zero-order chi connectivity index (χ0) is 15.3. The van der Waals surface area contributed by atoms with Crippen molar-refractivity contribution in [3.05, 3.63) is 24.3 Å². The molecule has 0 saturated heterocycles. The second-order valence-electron chi connectivity index (χ2n) is 5.79. The smallest absolute Gasteiger partial charge is 0.242 e. The van der Waals surface area contributed by atoms with Crippen LogP contribution in [-0.4, -0.2) is 34.2 Å². The number of sulfonamides is 1. The lowest BCUT2D eigenvalue weighted by atomic mass is 10.2. The molecule has 0 amide bonds. The van der Waals surface area contributed by atoms with Crippen LogP contribution < -0.4 is 10.0 Å². The van der Waals surface area contributed by atoms with E-state index < -0.39 is 10.0 Å². The first-order valence-corrected chi connectivity index (χ1v) is 8.90. The molecule has 0 aliphatic heterocycles. The monoisotopic (exact) mass is 312 g/mol. The van der Waals surface area contributed by atoms with E-state index in [1.54, 1.807) is 18.2 Å². The maximum atomic E-state index is 12.3. The number of nitrogens with one attached hydrogen (secondary N) is 2. The first-order chi connectivity index (χ1) is 9.99. The molecule has 2 N–H and O–H groups in total. The highest BCUT2D eigenvalue weighted by molar-refractivity contribution is 7.89. The van der Waals surface area contributed by atoms with E-state index in [0.717, 1.165) is 12.8 Å². The van der Waals surface area contributed by atoms with E-state index in [9.17, 15) is 8.42 Å². The summed E-state index contributed by atoms with van der Waals surface area (Å²) in [5, 5.41) is 3.14. The molecule has 0 bridgehead atoms. The van der Waals surface area contributed by atoms with Gasteiger partial charge < -0.3 is 10.1 Å². The summed E-state index contributed by atoms with van der Waals surface area (Å²) in [6.45, 7) is 6.05. The van der Waals surface area contributed by atoms with Crippen molar-refractivity contribution >= 4 is 15.7 Å². The van der Waals surface area contributed by atoms with Crippen LogP contribution in [0.5, 0.6) is 0 Å². The van der Waals surface area contributed by atoms with Crippen LogP contribution in [0, 0.1) is 5.92 Å². The van der Waals surface area contributed by atoms with Crippen LogP contribution in [0.1, 0.15) is 26.7 Å². The summed E-state index contributed by atoms with van der Waals surface area (Å²) < 4.78 is 32.8. The van der Waals surface area contributed by atoms with Crippen molar-refractivity contribution in [2.75, 3.05) is 25.1 Å². The Morgan fingerprint density at radius 1 is 1.29 bits per heavy atom. The maximum absolute atomic E-state index is 12.3. The van der Waals surface area contributed by atoms with Gasteiger partial charge in [0.15, 0.2) is 0 Å². The molecular weight excluding hydrogens is 288 g/mol. The highest BCUT2D eigenvalue weighted by Gasteiger charge is 2.29. The van der Waals surface area contributed by atoms with Crippen molar-refractivity contribution in [2.45, 2.75) is 37.6 Å². The molecule has 118 valence electrons. The lowest BCUT2D eigenvalue weighted by Gasteiger charge is -2.13. The second kappa shape index (κ2) is 7.24. The minimum atomic E-state index is -3.44. The number of ether oxygens (including phenoxy) is 1. The Labute approximate surface area is 127 Å². The van der Waals surface area contributed by atoms with E-state index in [1.807, 2.05) is 6.07 Å². The predicted octanol–water partition coefficient (Wildman–Crippen LogP) is 2.21. The number of anilines is 1. The van der Waals surface area contributed by atoms with E-state index in [-0.39, 0.29) is 6.04 Å². The zero-order valence-electron chi connectivity index (χ0n) is 12.6. The van der Waals surface area contributed by atoms with Crippen LogP contribution >= 0.6 is 0 Å². The summed E-state index contributed by atoms with van der Waals surface area (Å²) in [5.74, 6) is 0.500. The summed E-state index contributed by atoms with van der Waals surface area (Å²) in [4.78, 5) is 0.306. The van der Waals surface area contributed by atoms with Crippen LogP contribution in [-0.2, 0) is 14.8 Å². The lowest BCUT2D eigenvalue weighted by molar-refractivity contribution is 0.118. The van der Waals surface area contributed by atoms with Crippen molar-refractivity contribution in [1.82, 2.24) is 4.72 Å². The summed E-state index contributed by atoms with van der Waals surface area (Å²) in [7, 11) is -3.44. The largest absolute Gasteiger partial charge is 0.382 e. The molecule has 0 atom stereocenters. The molecule has 0 aromatic heterocycles. The third kappa shape index (κ3) is 5.30. The summed E-state index contributed by atoms with van der Waals surface area (Å²) in [6, 6.07) is 7.08. The van der Waals surface area contributed by atoms with Gasteiger partial charge in [0.2, 0.25) is 10.0 Å². The molecule has 1 aliphatic carbocycles. The zero-order valence-corrected chi connectivity index (χ0v) is 13.4. The Balaban J connectivity index is 1.93. The van der Waals surface area contributed by atoms with Crippen LogP contribution in [0.3, 0.4) is 0 Å². The third-order valence-corrected chi connectivity index (χ3v) is 4.67. The fourth-order valence-corrected chi connectivity index (χ4v) is 3.40. The molecule has 21 heavy (non-hydrogen) atoms. The molecular formula is C15H24N2O3S. The van der Waals surface area contributed by atoms with Crippen molar-refractivity contribution in [3.8, 4) is 0 Å². The summed E-state index contributed by atoms with van der Waals surface area (Å²) in [6.07, 6.45) is 1.86. The van der Waals surface area contributed by atoms with Crippen molar-refractivity contribution in [1.29, 1.82) is 0 Å². The third-order valence-electron chi connectivity index (χ3n) is 3.09. The van der Waals surface area contributed by atoms with Crippen molar-refractivity contribution in [3.63, 3.8) is 0 Å². The van der Waals surface area contributed by atoms with Gasteiger partial charge in [-0.2, -0.15) is 0 Å². The highest BCUT2D eigenvalue weighted by Crippen LogP contribution is 2.25. The molecule has 1 aliphatic rings. The number of para-hydroxylation sites is 1. The van der Waals surface area contributed by atoms with Gasteiger partial charge in [0.05, 0.1) is 12.3 Å². The number of hydrogen-bond donors (Lipinski definition) is 2. The average Bonchev–Trinajstić information content (AvgIpc) is 3.21. The molecule has 2 rings (SSSR count). The molecule has 6 heteroatoms. The van der Waals surface area contributed by atoms with Gasteiger partial charge in [-0.15, -0.1) is 0 Å². The molecule has 1 aromatic rings. The predicted molar refractivity (Wildman–Crippen MR) is 83.9 cm³/mol. The van der Waals surface area contributed by atoms with E-state index in [1.165, 1.54) is 0 Å². The fourth-order valence-electron chi connectivity index (χ4n) is 1.91. The molecule has 1 saturated carbocycles. The first-order valence-electron chi connectivity index (χ1n) is 7.42. The Kier molecular flexibility index (Phi) is 5.61. The van der Waals surface area contributed by atoms with Gasteiger partial charge in [0, 0.05) is 19.2 Å². The molecule has 1 fully saturated rings. The van der Waals surface area contributed by atoms with Gasteiger partial charge >= 0.3 is 0 Å². The normalized spacial score (nSPS) is 15.4. The van der Waals surface area contributed by atoms with Crippen molar-refractivity contribution in [2.24, 2.45) is 5.92 Å². The molecule has 0 heterocycles. The van der Waals surface area contributed by atoms with Gasteiger partial charge in [-0.25, -0.2) is 13.1 Å². The van der Waals surface area contributed by atoms with Gasteiger partial charge in [0.1, 0.15) is 4.90 Å². The minimum absolute atomic E-state index is 0.109. The number of benzene rings is 1. The fraction of sp³-hybridized carbons (Fsp3) is 0.600. The van der Waals surface area contributed by atoms with Gasteiger partial charge in [0.25, 0.3) is 0 Å². The summed E-state index contributed by atoms with van der Waals surface area (Å²) >= 11 is 0. The van der Waals surface area contributed by atoms with Crippen LogP contribution in [0.15, 0.2) is 29.2 Å². The lowest BCUT2D eigenvalue weighted by Crippen LogP contribution is -2.26. The Morgan fingerprint density at radius 2 is 2.00 bits per heavy atom. The molecule has 0 spiro atoms. The first kappa shape index (κ1) is 16.3. The van der Waals surface area contributed by atoms with E-state index in [0.29, 0.717) is 36.3 Å². The SMILES string of the molecule is CC(C)COCCNc1ccccc1S(=O)(=O)NC1CC1. The van der Waals surface area contributed by atoms with E-state index in [2.05, 4.69) is 23.9 Å². The quantitative estimate of drug-likeness (QED) is 0.686. The highest BCUT2D eigenvalue weighted by atomic mass is 32.2. The second-order valence-corrected chi connectivity index (χ2v) is 7.47. The standard InChI is InChI=1S/C15H24N2O3S/c1-12(2)11-20-10-9-16-14-5-3-4-6-15(14)21(18,19)17-13-7-8-13/h3-6,12-13,16-17H,7-11H2,1-2H3. The molecule has 0 radical (unpaired) electrons. The Morgan fingerprint density at radius 3 is 2.67 bits per heavy atom. The van der Waals surface area contributed by atoms with Crippen molar-refractivity contribution < 1.29 is 13.2 Å². The van der Waals surface area contributed by atoms with Gasteiger partial charge in [-0.1, -0.05) is 26.0 Å². The molecule has 1 aromatic carbocycles. The van der Waals surface area contributed by atoms with E-state index >= 15 is 0 Å². The van der Waals surface area contributed by atoms with Crippen LogP contribution in [0.25, 0.3) is 0 Å². The molecule has 0 unspecified atom stereocenters. The van der Waals surface area contributed by atoms with Crippen LogP contribution in [0.2, 0.25) is 0 Å². The number of rotatable bonds is 9. The average molecular weight is 312 g/mol. The van der Waals surface area contributed by atoms with E-state index in [4.69, 9.17) is 4.74 Å². The number of hydrogen-bond acceptors (Lipinski definition) is 4. The van der Waals surface area contributed by atoms with Gasteiger partial charge in [-0.3, -0.25) is 0 Å². The molecule has 5 nitrogen and oxygen atoms in total. The Hall–Kier alpha value is -1.11. The van der Waals surface area contributed by atoms with Gasteiger partial charge in [-0.05, 0) is 30.9 Å². The topological polar surface area (TPSA) is 67.4 Å².